The van der Waals surface area contributed by atoms with Gasteiger partial charge in [0.15, 0.2) is 9.84 Å². The summed E-state index contributed by atoms with van der Waals surface area (Å²) < 4.78 is 30.2. The normalized spacial score (nSPS) is 21.4. The topological polar surface area (TPSA) is 65.4 Å². The number of carbonyl (C=O) groups is 1. The fraction of sp³-hybridized carbons (Fsp3) is 0.643. The second-order valence-corrected chi connectivity index (χ2v) is 7.91. The second-order valence-electron chi connectivity index (χ2n) is 5.68. The standard InChI is InChI=1S/C14H21NO4S/c1-9(2)15-10(3)7-13(11(15)4)14(16)19-12-5-6-20(17,18)8-12/h7,9,12H,5-6,8H2,1-4H3. The van der Waals surface area contributed by atoms with E-state index in [1.165, 1.54) is 0 Å². The Morgan fingerprint density at radius 3 is 2.50 bits per heavy atom. The zero-order chi connectivity index (χ0) is 15.1. The van der Waals surface area contributed by atoms with Crippen molar-refractivity contribution in [2.75, 3.05) is 11.5 Å². The van der Waals surface area contributed by atoms with Crippen LogP contribution in [0.5, 0.6) is 0 Å². The second kappa shape index (κ2) is 5.24. The Morgan fingerprint density at radius 2 is 2.05 bits per heavy atom. The Hall–Kier alpha value is -1.30. The van der Waals surface area contributed by atoms with Gasteiger partial charge in [0.05, 0.1) is 17.1 Å². The molecule has 1 aromatic heterocycles. The van der Waals surface area contributed by atoms with Gasteiger partial charge in [-0.15, -0.1) is 0 Å². The number of hydrogen-bond donors (Lipinski definition) is 0. The number of nitrogens with zero attached hydrogens (tertiary/aromatic N) is 1. The van der Waals surface area contributed by atoms with Crippen molar-refractivity contribution in [3.05, 3.63) is 23.0 Å². The summed E-state index contributed by atoms with van der Waals surface area (Å²) in [4.78, 5) is 12.2. The smallest absolute Gasteiger partial charge is 0.340 e. The van der Waals surface area contributed by atoms with Crippen molar-refractivity contribution in [2.45, 2.75) is 46.3 Å². The summed E-state index contributed by atoms with van der Waals surface area (Å²) in [5.41, 5.74) is 2.40. The van der Waals surface area contributed by atoms with Crippen LogP contribution in [0, 0.1) is 13.8 Å². The van der Waals surface area contributed by atoms with Crippen LogP contribution in [-0.4, -0.2) is 36.6 Å². The maximum absolute atomic E-state index is 12.2. The van der Waals surface area contributed by atoms with E-state index in [1.807, 2.05) is 13.8 Å². The van der Waals surface area contributed by atoms with Crippen LogP contribution in [0.25, 0.3) is 0 Å². The molecule has 0 radical (unpaired) electrons. The van der Waals surface area contributed by atoms with Crippen LogP contribution >= 0.6 is 0 Å². The molecule has 1 unspecified atom stereocenters. The molecule has 0 aromatic carbocycles. The molecule has 1 atom stereocenters. The average Bonchev–Trinajstić information content (AvgIpc) is 2.78. The molecule has 0 bridgehead atoms. The van der Waals surface area contributed by atoms with E-state index < -0.39 is 21.9 Å². The third-order valence-electron chi connectivity index (χ3n) is 3.69. The maximum Gasteiger partial charge on any atom is 0.340 e. The quantitative estimate of drug-likeness (QED) is 0.801. The minimum Gasteiger partial charge on any atom is -0.458 e. The molecule has 1 aliphatic heterocycles. The van der Waals surface area contributed by atoms with E-state index >= 15 is 0 Å². The van der Waals surface area contributed by atoms with Crippen LogP contribution in [0.2, 0.25) is 0 Å². The summed E-state index contributed by atoms with van der Waals surface area (Å²) in [6, 6.07) is 2.07. The number of ether oxygens (including phenoxy) is 1. The van der Waals surface area contributed by atoms with Gasteiger partial charge >= 0.3 is 5.97 Å². The SMILES string of the molecule is Cc1cc(C(=O)OC2CCS(=O)(=O)C2)c(C)n1C(C)C. The van der Waals surface area contributed by atoms with Gasteiger partial charge < -0.3 is 9.30 Å². The molecule has 2 heterocycles. The first-order valence-electron chi connectivity index (χ1n) is 6.81. The Bertz CT molecular complexity index is 628. The maximum atomic E-state index is 12.2. The molecular formula is C14H21NO4S. The van der Waals surface area contributed by atoms with Gasteiger partial charge in [-0.25, -0.2) is 13.2 Å². The number of aryl methyl sites for hydroxylation is 1. The first kappa shape index (κ1) is 15.1. The van der Waals surface area contributed by atoms with Gasteiger partial charge in [0.25, 0.3) is 0 Å². The first-order chi connectivity index (χ1) is 9.21. The van der Waals surface area contributed by atoms with Gasteiger partial charge in [-0.3, -0.25) is 0 Å². The van der Waals surface area contributed by atoms with Crippen molar-refractivity contribution in [1.82, 2.24) is 4.57 Å². The average molecular weight is 299 g/mol. The lowest BCUT2D eigenvalue weighted by molar-refractivity contribution is 0.0355. The third kappa shape index (κ3) is 2.90. The van der Waals surface area contributed by atoms with Gasteiger partial charge in [0.1, 0.15) is 6.10 Å². The molecule has 1 aromatic rings. The highest BCUT2D eigenvalue weighted by Crippen LogP contribution is 2.23. The minimum atomic E-state index is -3.03. The van der Waals surface area contributed by atoms with Crippen LogP contribution in [0.4, 0.5) is 0 Å². The molecule has 5 nitrogen and oxygen atoms in total. The molecule has 0 amide bonds. The van der Waals surface area contributed by atoms with Crippen LogP contribution in [0.3, 0.4) is 0 Å². The van der Waals surface area contributed by atoms with E-state index in [1.54, 1.807) is 6.07 Å². The molecule has 20 heavy (non-hydrogen) atoms. The zero-order valence-corrected chi connectivity index (χ0v) is 13.2. The van der Waals surface area contributed by atoms with Crippen LogP contribution < -0.4 is 0 Å². The third-order valence-corrected chi connectivity index (χ3v) is 5.42. The van der Waals surface area contributed by atoms with Gasteiger partial charge in [-0.2, -0.15) is 0 Å². The molecular weight excluding hydrogens is 278 g/mol. The molecule has 6 heteroatoms. The van der Waals surface area contributed by atoms with E-state index in [2.05, 4.69) is 18.4 Å². The highest BCUT2D eigenvalue weighted by Gasteiger charge is 2.31. The molecule has 1 saturated heterocycles. The summed E-state index contributed by atoms with van der Waals surface area (Å²) in [5, 5.41) is 0. The van der Waals surface area contributed by atoms with Crippen molar-refractivity contribution in [3.8, 4) is 0 Å². The Labute approximate surface area is 119 Å². The molecule has 0 aliphatic carbocycles. The zero-order valence-electron chi connectivity index (χ0n) is 12.3. The number of esters is 1. The van der Waals surface area contributed by atoms with Gasteiger partial charge in [0.2, 0.25) is 0 Å². The summed E-state index contributed by atoms with van der Waals surface area (Å²) in [7, 11) is -3.03. The molecule has 0 N–H and O–H groups in total. The fourth-order valence-electron chi connectivity index (χ4n) is 2.85. The predicted molar refractivity (Wildman–Crippen MR) is 76.8 cm³/mol. The monoisotopic (exact) mass is 299 g/mol. The van der Waals surface area contributed by atoms with E-state index in [4.69, 9.17) is 4.74 Å². The summed E-state index contributed by atoms with van der Waals surface area (Å²) in [6.45, 7) is 7.94. The lowest BCUT2D eigenvalue weighted by Gasteiger charge is -2.14. The predicted octanol–water partition coefficient (Wildman–Crippen LogP) is 2.03. The first-order valence-corrected chi connectivity index (χ1v) is 8.63. The van der Waals surface area contributed by atoms with E-state index in [9.17, 15) is 13.2 Å². The molecule has 0 saturated carbocycles. The lowest BCUT2D eigenvalue weighted by atomic mass is 10.2. The molecule has 0 spiro atoms. The number of sulfone groups is 1. The largest absolute Gasteiger partial charge is 0.458 e. The number of hydrogen-bond acceptors (Lipinski definition) is 4. The minimum absolute atomic E-state index is 0.0539. The number of carbonyl (C=O) groups excluding carboxylic acids is 1. The highest BCUT2D eigenvalue weighted by molar-refractivity contribution is 7.91. The van der Waals surface area contributed by atoms with E-state index in [0.29, 0.717) is 12.0 Å². The van der Waals surface area contributed by atoms with Crippen molar-refractivity contribution in [3.63, 3.8) is 0 Å². The van der Waals surface area contributed by atoms with Crippen molar-refractivity contribution in [2.24, 2.45) is 0 Å². The van der Waals surface area contributed by atoms with Crippen LogP contribution in [0.1, 0.15) is 48.1 Å². The van der Waals surface area contributed by atoms with Crippen molar-refractivity contribution in [1.29, 1.82) is 0 Å². The number of rotatable bonds is 3. The summed E-state index contributed by atoms with van der Waals surface area (Å²) >= 11 is 0. The molecule has 1 aliphatic rings. The van der Waals surface area contributed by atoms with Crippen molar-refractivity contribution >= 4 is 15.8 Å². The highest BCUT2D eigenvalue weighted by atomic mass is 32.2. The summed E-state index contributed by atoms with van der Waals surface area (Å²) in [6.07, 6.45) is -0.105. The summed E-state index contributed by atoms with van der Waals surface area (Å²) in [5.74, 6) is -0.371. The van der Waals surface area contributed by atoms with Crippen LogP contribution in [0.15, 0.2) is 6.07 Å². The Morgan fingerprint density at radius 1 is 1.40 bits per heavy atom. The molecule has 1 fully saturated rings. The van der Waals surface area contributed by atoms with Crippen molar-refractivity contribution < 1.29 is 17.9 Å². The molecule has 2 rings (SSSR count). The Kier molecular flexibility index (Phi) is 3.95. The molecule has 112 valence electrons. The lowest BCUT2D eigenvalue weighted by Crippen LogP contribution is -2.20. The Balaban J connectivity index is 2.17. The van der Waals surface area contributed by atoms with Gasteiger partial charge in [-0.05, 0) is 40.2 Å². The van der Waals surface area contributed by atoms with E-state index in [0.717, 1.165) is 11.4 Å². The van der Waals surface area contributed by atoms with Crippen LogP contribution in [-0.2, 0) is 14.6 Å². The fourth-order valence-corrected chi connectivity index (χ4v) is 4.44. The van der Waals surface area contributed by atoms with Gasteiger partial charge in [0, 0.05) is 17.4 Å². The van der Waals surface area contributed by atoms with E-state index in [-0.39, 0.29) is 17.5 Å². The number of aromatic nitrogens is 1. The van der Waals surface area contributed by atoms with Gasteiger partial charge in [-0.1, -0.05) is 0 Å².